The zero-order chi connectivity index (χ0) is 25.5. The number of phenolic OH excluding ortho intramolecular Hbond substituents is 1. The largest absolute Gasteiger partial charge is 0.507 e. The summed E-state index contributed by atoms with van der Waals surface area (Å²) >= 11 is 1.32. The van der Waals surface area contributed by atoms with E-state index in [9.17, 15) is 31.4 Å². The average Bonchev–Trinajstić information content (AvgIpc) is 3.19. The van der Waals surface area contributed by atoms with E-state index in [1.165, 1.54) is 17.4 Å². The predicted molar refractivity (Wildman–Crippen MR) is 124 cm³/mol. The molecular weight excluding hydrogens is 492 g/mol. The number of nitrogens with two attached hydrogens (primary N) is 1. The molecule has 0 aliphatic rings. The number of alkyl halides is 6. The van der Waals surface area contributed by atoms with Crippen LogP contribution in [0.2, 0.25) is 0 Å². The van der Waals surface area contributed by atoms with Gasteiger partial charge in [0.15, 0.2) is 0 Å². The van der Waals surface area contributed by atoms with E-state index < -0.39 is 29.2 Å². The van der Waals surface area contributed by atoms with Crippen molar-refractivity contribution in [3.63, 3.8) is 0 Å². The van der Waals surface area contributed by atoms with Crippen LogP contribution in [0, 0.1) is 6.92 Å². The number of rotatable bonds is 4. The SMILES string of the molecule is Cc1nc(-c2cc(-c3ccc(N)cc3)c(O)cc2Nc2cc(C(F)(F)F)cc(C(F)(F)F)c2)cs1. The maximum atomic E-state index is 13.3. The minimum atomic E-state index is -4.99. The topological polar surface area (TPSA) is 71.2 Å². The standard InChI is InChI=1S/C24H17F6N3OS/c1-12-32-21(11-35-12)19-9-18(13-2-4-16(31)5-3-13)22(34)10-20(19)33-17-7-14(23(25,26)27)6-15(8-17)24(28,29)30/h2-11,33-34H,31H2,1H3. The van der Waals surface area contributed by atoms with Gasteiger partial charge in [-0.1, -0.05) is 12.1 Å². The summed E-state index contributed by atoms with van der Waals surface area (Å²) < 4.78 is 79.8. The highest BCUT2D eigenvalue weighted by molar-refractivity contribution is 7.09. The minimum absolute atomic E-state index is 0.0531. The van der Waals surface area contributed by atoms with Gasteiger partial charge >= 0.3 is 12.4 Å². The molecule has 0 spiro atoms. The lowest BCUT2D eigenvalue weighted by atomic mass is 9.98. The maximum absolute atomic E-state index is 13.3. The molecule has 3 aromatic carbocycles. The number of phenols is 1. The van der Waals surface area contributed by atoms with E-state index >= 15 is 0 Å². The van der Waals surface area contributed by atoms with Gasteiger partial charge in [0, 0.05) is 33.9 Å². The molecule has 1 heterocycles. The van der Waals surface area contributed by atoms with Crippen LogP contribution in [0.3, 0.4) is 0 Å². The number of halogens is 6. The van der Waals surface area contributed by atoms with Crippen molar-refractivity contribution < 1.29 is 31.4 Å². The van der Waals surface area contributed by atoms with Crippen molar-refractivity contribution in [1.29, 1.82) is 0 Å². The number of benzene rings is 3. The molecule has 35 heavy (non-hydrogen) atoms. The fraction of sp³-hybridized carbons (Fsp3) is 0.125. The van der Waals surface area contributed by atoms with E-state index in [2.05, 4.69) is 10.3 Å². The van der Waals surface area contributed by atoms with Crippen LogP contribution in [-0.2, 0) is 12.4 Å². The van der Waals surface area contributed by atoms with Crippen LogP contribution in [-0.4, -0.2) is 10.1 Å². The quantitative estimate of drug-likeness (QED) is 0.194. The molecular formula is C24H17F6N3OS. The number of hydrogen-bond donors (Lipinski definition) is 3. The van der Waals surface area contributed by atoms with E-state index in [1.807, 2.05) is 0 Å². The first-order chi connectivity index (χ1) is 16.3. The highest BCUT2D eigenvalue weighted by Gasteiger charge is 2.37. The van der Waals surface area contributed by atoms with Gasteiger partial charge in [-0.2, -0.15) is 26.3 Å². The summed E-state index contributed by atoms with van der Waals surface area (Å²) in [6.45, 7) is 1.75. The Bertz CT molecular complexity index is 1350. The van der Waals surface area contributed by atoms with E-state index in [0.717, 1.165) is 0 Å². The summed E-state index contributed by atoms with van der Waals surface area (Å²) in [4.78, 5) is 4.39. The van der Waals surface area contributed by atoms with Gasteiger partial charge in [0.2, 0.25) is 0 Å². The van der Waals surface area contributed by atoms with Crippen molar-refractivity contribution in [3.05, 3.63) is 76.1 Å². The number of aryl methyl sites for hydroxylation is 1. The van der Waals surface area contributed by atoms with Gasteiger partial charge in [-0.05, 0) is 48.9 Å². The molecule has 0 amide bonds. The first-order valence-corrected chi connectivity index (χ1v) is 10.9. The van der Waals surface area contributed by atoms with Crippen LogP contribution >= 0.6 is 11.3 Å². The van der Waals surface area contributed by atoms with Crippen LogP contribution in [0.15, 0.2) is 60.0 Å². The Balaban J connectivity index is 1.87. The normalized spacial score (nSPS) is 12.1. The second kappa shape index (κ2) is 8.81. The summed E-state index contributed by atoms with van der Waals surface area (Å²) in [5.41, 5.74) is 4.77. The molecule has 4 rings (SSSR count). The Labute approximate surface area is 199 Å². The fourth-order valence-corrected chi connectivity index (χ4v) is 4.08. The molecule has 0 unspecified atom stereocenters. The van der Waals surface area contributed by atoms with Gasteiger partial charge in [-0.25, -0.2) is 4.98 Å². The van der Waals surface area contributed by atoms with Crippen LogP contribution < -0.4 is 11.1 Å². The zero-order valence-electron chi connectivity index (χ0n) is 17.9. The van der Waals surface area contributed by atoms with E-state index in [1.54, 1.807) is 42.6 Å². The molecule has 0 bridgehead atoms. The Kier molecular flexibility index (Phi) is 6.14. The van der Waals surface area contributed by atoms with E-state index in [-0.39, 0.29) is 17.5 Å². The van der Waals surface area contributed by atoms with E-state index in [0.29, 0.717) is 45.2 Å². The van der Waals surface area contributed by atoms with Gasteiger partial charge in [-0.15, -0.1) is 11.3 Å². The number of aromatic nitrogens is 1. The third-order valence-electron chi connectivity index (χ3n) is 5.12. The van der Waals surface area contributed by atoms with Crippen molar-refractivity contribution in [3.8, 4) is 28.1 Å². The first kappa shape index (κ1) is 24.4. The fourth-order valence-electron chi connectivity index (χ4n) is 3.47. The highest BCUT2D eigenvalue weighted by atomic mass is 32.1. The summed E-state index contributed by atoms with van der Waals surface area (Å²) in [5, 5.41) is 15.7. The molecule has 0 aliphatic heterocycles. The minimum Gasteiger partial charge on any atom is -0.507 e. The Morgan fingerprint density at radius 2 is 1.46 bits per heavy atom. The summed E-state index contributed by atoms with van der Waals surface area (Å²) in [6, 6.07) is 10.6. The van der Waals surface area contributed by atoms with Crippen LogP contribution in [0.5, 0.6) is 5.75 Å². The van der Waals surface area contributed by atoms with Gasteiger partial charge in [0.25, 0.3) is 0 Å². The lowest BCUT2D eigenvalue weighted by Gasteiger charge is -2.18. The summed E-state index contributed by atoms with van der Waals surface area (Å²) in [7, 11) is 0. The van der Waals surface area contributed by atoms with Gasteiger partial charge in [0.1, 0.15) is 5.75 Å². The van der Waals surface area contributed by atoms with Gasteiger partial charge in [-0.3, -0.25) is 0 Å². The number of aromatic hydroxyl groups is 1. The Hall–Kier alpha value is -3.73. The molecule has 4 N–H and O–H groups in total. The third-order valence-corrected chi connectivity index (χ3v) is 5.89. The second-order valence-corrected chi connectivity index (χ2v) is 8.77. The zero-order valence-corrected chi connectivity index (χ0v) is 18.7. The Morgan fingerprint density at radius 3 is 1.97 bits per heavy atom. The number of thiazole rings is 1. The van der Waals surface area contributed by atoms with Crippen LogP contribution in [0.1, 0.15) is 16.1 Å². The molecule has 1 aromatic heterocycles. The lowest BCUT2D eigenvalue weighted by Crippen LogP contribution is -2.11. The maximum Gasteiger partial charge on any atom is 0.416 e. The number of nitrogen functional groups attached to an aromatic ring is 1. The molecule has 182 valence electrons. The third kappa shape index (κ3) is 5.35. The summed E-state index contributed by atoms with van der Waals surface area (Å²) in [6.07, 6.45) is -9.98. The number of nitrogens with one attached hydrogen (secondary N) is 1. The first-order valence-electron chi connectivity index (χ1n) is 10.0. The number of hydrogen-bond acceptors (Lipinski definition) is 5. The summed E-state index contributed by atoms with van der Waals surface area (Å²) in [5.74, 6) is -0.240. The number of nitrogens with zero attached hydrogens (tertiary/aromatic N) is 1. The molecule has 4 nitrogen and oxygen atoms in total. The number of anilines is 3. The molecule has 0 saturated heterocycles. The van der Waals surface area contributed by atoms with Crippen molar-refractivity contribution in [2.24, 2.45) is 0 Å². The van der Waals surface area contributed by atoms with Gasteiger partial charge in [0.05, 0.1) is 27.5 Å². The highest BCUT2D eigenvalue weighted by Crippen LogP contribution is 2.42. The van der Waals surface area contributed by atoms with Crippen LogP contribution in [0.4, 0.5) is 43.4 Å². The van der Waals surface area contributed by atoms with Crippen molar-refractivity contribution >= 4 is 28.4 Å². The molecule has 4 aromatic rings. The second-order valence-electron chi connectivity index (χ2n) is 7.71. The van der Waals surface area contributed by atoms with Gasteiger partial charge < -0.3 is 16.2 Å². The molecule has 0 radical (unpaired) electrons. The Morgan fingerprint density at radius 1 is 0.857 bits per heavy atom. The van der Waals surface area contributed by atoms with Crippen LogP contribution in [0.25, 0.3) is 22.4 Å². The molecule has 0 saturated carbocycles. The molecule has 11 heteroatoms. The van der Waals surface area contributed by atoms with E-state index in [4.69, 9.17) is 5.73 Å². The predicted octanol–water partition coefficient (Wildman–Crippen LogP) is 7.85. The average molecular weight is 509 g/mol. The lowest BCUT2D eigenvalue weighted by molar-refractivity contribution is -0.143. The van der Waals surface area contributed by atoms with Crippen molar-refractivity contribution in [2.45, 2.75) is 19.3 Å². The molecule has 0 fully saturated rings. The molecule has 0 aliphatic carbocycles. The molecule has 0 atom stereocenters. The van der Waals surface area contributed by atoms with Crippen molar-refractivity contribution in [1.82, 2.24) is 4.98 Å². The van der Waals surface area contributed by atoms with Crippen molar-refractivity contribution in [2.75, 3.05) is 11.1 Å². The smallest absolute Gasteiger partial charge is 0.416 e. The monoisotopic (exact) mass is 509 g/mol.